The summed E-state index contributed by atoms with van der Waals surface area (Å²) in [6, 6.07) is 5.06. The molecule has 1 heterocycles. The van der Waals surface area contributed by atoms with Gasteiger partial charge in [0, 0.05) is 12.2 Å². The minimum atomic E-state index is -3.95. The molecule has 2 rings (SSSR count). The average molecular weight is 271 g/mol. The van der Waals surface area contributed by atoms with Crippen LogP contribution in [0.5, 0.6) is 0 Å². The van der Waals surface area contributed by atoms with Crippen LogP contribution in [0, 0.1) is 0 Å². The van der Waals surface area contributed by atoms with Crippen molar-refractivity contribution in [1.29, 1.82) is 0 Å². The van der Waals surface area contributed by atoms with Crippen molar-refractivity contribution in [2.24, 2.45) is 0 Å². The van der Waals surface area contributed by atoms with Crippen LogP contribution < -0.4 is 14.8 Å². The van der Waals surface area contributed by atoms with Crippen molar-refractivity contribution in [3.05, 3.63) is 23.8 Å². The zero-order chi connectivity index (χ0) is 13.3. The minimum absolute atomic E-state index is 0.269. The first-order valence-corrected chi connectivity index (χ1v) is 6.65. The first kappa shape index (κ1) is 12.5. The monoisotopic (exact) mass is 271 g/mol. The van der Waals surface area contributed by atoms with Crippen LogP contribution in [0.25, 0.3) is 0 Å². The van der Waals surface area contributed by atoms with Gasteiger partial charge in [0.15, 0.2) is 0 Å². The Morgan fingerprint density at radius 1 is 1.50 bits per heavy atom. The molecule has 1 aromatic carbocycles. The Morgan fingerprint density at radius 3 is 2.89 bits per heavy atom. The van der Waals surface area contributed by atoms with E-state index in [-0.39, 0.29) is 6.54 Å². The summed E-state index contributed by atoms with van der Waals surface area (Å²) >= 11 is 0. The molecule has 0 atom stereocenters. The summed E-state index contributed by atoms with van der Waals surface area (Å²) in [5.74, 6) is 0. The number of benzene rings is 1. The van der Waals surface area contributed by atoms with E-state index >= 15 is 0 Å². The zero-order valence-electron chi connectivity index (χ0n) is 9.71. The van der Waals surface area contributed by atoms with E-state index in [2.05, 4.69) is 4.74 Å². The van der Waals surface area contributed by atoms with Gasteiger partial charge in [0.25, 0.3) is 0 Å². The number of rotatable bonds is 2. The van der Waals surface area contributed by atoms with Gasteiger partial charge in [-0.05, 0) is 24.1 Å². The summed E-state index contributed by atoms with van der Waals surface area (Å²) in [4.78, 5) is 11.0. The molecule has 0 fully saturated rings. The molecule has 1 aromatic rings. The number of anilines is 2. The number of methoxy groups -OCH3 is 1. The molecule has 1 aliphatic heterocycles. The minimum Gasteiger partial charge on any atom is -0.452 e. The first-order valence-electron chi connectivity index (χ1n) is 5.21. The van der Waals surface area contributed by atoms with Crippen LogP contribution in [0.3, 0.4) is 0 Å². The first-order chi connectivity index (χ1) is 8.44. The number of carbonyl (C=O) groups excluding carboxylic acids is 1. The van der Waals surface area contributed by atoms with Gasteiger partial charge in [0.05, 0.1) is 12.8 Å². The smallest absolute Gasteiger partial charge is 0.422 e. The van der Waals surface area contributed by atoms with Gasteiger partial charge in [-0.3, -0.25) is 4.31 Å². The second kappa shape index (κ2) is 4.37. The summed E-state index contributed by atoms with van der Waals surface area (Å²) in [7, 11) is -2.85. The largest absolute Gasteiger partial charge is 0.452 e. The maximum atomic E-state index is 11.9. The lowest BCUT2D eigenvalue weighted by molar-refractivity contribution is 0.177. The number of nitrogens with one attached hydrogen (secondary N) is 1. The zero-order valence-corrected chi connectivity index (χ0v) is 10.5. The molecule has 0 radical (unpaired) electrons. The van der Waals surface area contributed by atoms with E-state index in [4.69, 9.17) is 5.73 Å². The Balaban J connectivity index is 2.33. The summed E-state index contributed by atoms with van der Waals surface area (Å²) in [6.45, 7) is 0.269. The van der Waals surface area contributed by atoms with Gasteiger partial charge in [0.2, 0.25) is 0 Å². The Morgan fingerprint density at radius 2 is 2.22 bits per heavy atom. The van der Waals surface area contributed by atoms with Crippen molar-refractivity contribution in [3.63, 3.8) is 0 Å². The molecule has 1 amide bonds. The highest BCUT2D eigenvalue weighted by atomic mass is 32.2. The van der Waals surface area contributed by atoms with Crippen molar-refractivity contribution < 1.29 is 17.9 Å². The number of nitrogens with zero attached hydrogens (tertiary/aromatic N) is 1. The summed E-state index contributed by atoms with van der Waals surface area (Å²) in [6.07, 6.45) is -0.440. The van der Waals surface area contributed by atoms with Gasteiger partial charge >= 0.3 is 16.3 Å². The number of fused-ring (bicyclic) bond motifs is 1. The second-order valence-corrected chi connectivity index (χ2v) is 5.40. The van der Waals surface area contributed by atoms with E-state index in [9.17, 15) is 13.2 Å². The van der Waals surface area contributed by atoms with Gasteiger partial charge in [-0.25, -0.2) is 9.52 Å². The Bertz CT molecular complexity index is 585. The highest BCUT2D eigenvalue weighted by Gasteiger charge is 2.30. The van der Waals surface area contributed by atoms with Gasteiger partial charge < -0.3 is 10.5 Å². The number of hydrogen-bond donors (Lipinski definition) is 2. The molecule has 0 unspecified atom stereocenters. The molecule has 0 bridgehead atoms. The number of nitrogen functional groups attached to an aromatic ring is 1. The standard InChI is InChI=1S/C10H13N3O4S/c1-17-10(14)12-18(15,16)13-5-4-7-2-3-8(11)6-9(7)13/h2-3,6H,4-5,11H2,1H3,(H,12,14). The lowest BCUT2D eigenvalue weighted by atomic mass is 10.1. The number of hydrogen-bond acceptors (Lipinski definition) is 5. The predicted molar refractivity (Wildman–Crippen MR) is 66.4 cm³/mol. The molecule has 98 valence electrons. The number of nitrogens with two attached hydrogens (primary N) is 1. The van der Waals surface area contributed by atoms with E-state index < -0.39 is 16.3 Å². The average Bonchev–Trinajstić information content (AvgIpc) is 2.71. The molecule has 1 aliphatic rings. The fourth-order valence-electron chi connectivity index (χ4n) is 1.82. The molecule has 18 heavy (non-hydrogen) atoms. The lowest BCUT2D eigenvalue weighted by Crippen LogP contribution is -2.42. The van der Waals surface area contributed by atoms with Gasteiger partial charge in [-0.15, -0.1) is 0 Å². The molecular weight excluding hydrogens is 258 g/mol. The van der Waals surface area contributed by atoms with Crippen molar-refractivity contribution in [2.45, 2.75) is 6.42 Å². The summed E-state index contributed by atoms with van der Waals surface area (Å²) in [5.41, 5.74) is 7.46. The Labute approximate surface area is 105 Å². The van der Waals surface area contributed by atoms with Gasteiger partial charge in [-0.2, -0.15) is 8.42 Å². The van der Waals surface area contributed by atoms with Crippen LogP contribution in [0.1, 0.15) is 5.56 Å². The maximum Gasteiger partial charge on any atom is 0.422 e. The lowest BCUT2D eigenvalue weighted by Gasteiger charge is -2.19. The molecule has 0 spiro atoms. The number of ether oxygens (including phenoxy) is 1. The maximum absolute atomic E-state index is 11.9. The quantitative estimate of drug-likeness (QED) is 0.750. The van der Waals surface area contributed by atoms with Crippen LogP contribution >= 0.6 is 0 Å². The van der Waals surface area contributed by atoms with Crippen LogP contribution in [-0.4, -0.2) is 28.2 Å². The van der Waals surface area contributed by atoms with Crippen LogP contribution in [0.4, 0.5) is 16.2 Å². The second-order valence-electron chi connectivity index (χ2n) is 3.81. The SMILES string of the molecule is COC(=O)NS(=O)(=O)N1CCc2ccc(N)cc21. The molecule has 0 aliphatic carbocycles. The van der Waals surface area contributed by atoms with Crippen molar-refractivity contribution >= 4 is 27.7 Å². The van der Waals surface area contributed by atoms with Crippen molar-refractivity contribution in [2.75, 3.05) is 23.7 Å². The summed E-state index contributed by atoms with van der Waals surface area (Å²) in [5, 5.41) is 0. The van der Waals surface area contributed by atoms with Gasteiger partial charge in [0.1, 0.15) is 0 Å². The third-order valence-electron chi connectivity index (χ3n) is 2.65. The fraction of sp³-hybridized carbons (Fsp3) is 0.300. The molecule has 0 aromatic heterocycles. The molecular formula is C10H13N3O4S. The predicted octanol–water partition coefficient (Wildman–Crippen LogP) is 0.232. The van der Waals surface area contributed by atoms with Crippen molar-refractivity contribution in [1.82, 2.24) is 4.72 Å². The van der Waals surface area contributed by atoms with Crippen LogP contribution in [0.15, 0.2) is 18.2 Å². The van der Waals surface area contributed by atoms with Gasteiger partial charge in [-0.1, -0.05) is 6.07 Å². The van der Waals surface area contributed by atoms with E-state index in [1.807, 2.05) is 0 Å². The third-order valence-corrected chi connectivity index (χ3v) is 4.03. The Kier molecular flexibility index (Phi) is 3.04. The van der Waals surface area contributed by atoms with E-state index in [1.54, 1.807) is 22.9 Å². The molecule has 8 heteroatoms. The summed E-state index contributed by atoms with van der Waals surface area (Å²) < 4.78 is 31.1. The van der Waals surface area contributed by atoms with E-state index in [1.165, 1.54) is 0 Å². The van der Waals surface area contributed by atoms with Crippen molar-refractivity contribution in [3.8, 4) is 0 Å². The van der Waals surface area contributed by atoms with E-state index in [0.717, 1.165) is 17.0 Å². The highest BCUT2D eigenvalue weighted by molar-refractivity contribution is 7.91. The molecule has 0 saturated heterocycles. The number of carbonyl (C=O) groups is 1. The van der Waals surface area contributed by atoms with E-state index in [0.29, 0.717) is 17.8 Å². The molecule has 0 saturated carbocycles. The normalized spacial score (nSPS) is 14.2. The molecule has 7 nitrogen and oxygen atoms in total. The van der Waals surface area contributed by atoms with Crippen LogP contribution in [0.2, 0.25) is 0 Å². The fourth-order valence-corrected chi connectivity index (χ4v) is 2.98. The molecule has 3 N–H and O–H groups in total. The van der Waals surface area contributed by atoms with Crippen LogP contribution in [-0.2, 0) is 21.4 Å². The Hall–Kier alpha value is -1.96. The topological polar surface area (TPSA) is 102 Å². The highest BCUT2D eigenvalue weighted by Crippen LogP contribution is 2.31. The third kappa shape index (κ3) is 2.19. The number of amides is 1.